The number of benzene rings is 10. The number of hydrogen-bond acceptors (Lipinski definition) is 5. The van der Waals surface area contributed by atoms with Crippen molar-refractivity contribution in [2.24, 2.45) is 0 Å². The van der Waals surface area contributed by atoms with Crippen LogP contribution in [-0.4, -0.2) is 15.0 Å². The minimum atomic E-state index is -0.156. The van der Waals surface area contributed by atoms with Gasteiger partial charge in [-0.15, -0.1) is 0 Å². The van der Waals surface area contributed by atoms with Crippen LogP contribution in [0.2, 0.25) is 0 Å². The van der Waals surface area contributed by atoms with Crippen molar-refractivity contribution in [2.45, 2.75) is 19.3 Å². The summed E-state index contributed by atoms with van der Waals surface area (Å²) in [6, 6.07) is 81.6. The molecule has 0 saturated carbocycles. The molecule has 0 radical (unpaired) electrons. The molecule has 1 aliphatic rings. The molecule has 0 unspecified atom stereocenters. The van der Waals surface area contributed by atoms with Gasteiger partial charge in [-0.1, -0.05) is 196 Å². The normalized spacial score (nSPS) is 12.6. The molecule has 0 fully saturated rings. The van der Waals surface area contributed by atoms with Crippen molar-refractivity contribution in [1.29, 1.82) is 0 Å². The SMILES string of the molecule is CC1(C)c2ccccc2-c2ccc(N(c3ccccc3)c3cc4c5ccccc5oc4c4ccc(-c5ccc(-c6nc(-c7ccccc7)nc(-c7ccc(-c8ccccc8)cc7)n6)cc5)cc34)cc21. The molecule has 2 heterocycles. The molecule has 0 spiro atoms. The summed E-state index contributed by atoms with van der Waals surface area (Å²) in [5.74, 6) is 1.87. The van der Waals surface area contributed by atoms with E-state index in [9.17, 15) is 0 Å². The van der Waals surface area contributed by atoms with E-state index in [2.05, 4.69) is 207 Å². The quantitative estimate of drug-likeness (QED) is 0.152. The zero-order chi connectivity index (χ0) is 46.1. The number of nitrogens with zero attached hydrogens (tertiary/aromatic N) is 4. The van der Waals surface area contributed by atoms with Gasteiger partial charge >= 0.3 is 0 Å². The lowest BCUT2D eigenvalue weighted by Crippen LogP contribution is -2.16. The number of hydrogen-bond donors (Lipinski definition) is 0. The minimum absolute atomic E-state index is 0.156. The zero-order valence-corrected chi connectivity index (χ0v) is 38.1. The van der Waals surface area contributed by atoms with E-state index in [4.69, 9.17) is 19.4 Å². The van der Waals surface area contributed by atoms with Crippen LogP contribution < -0.4 is 4.90 Å². The summed E-state index contributed by atoms with van der Waals surface area (Å²) in [5, 5.41) is 4.31. The summed E-state index contributed by atoms with van der Waals surface area (Å²) < 4.78 is 6.72. The third-order valence-electron chi connectivity index (χ3n) is 13.9. The molecule has 0 aliphatic heterocycles. The van der Waals surface area contributed by atoms with Gasteiger partial charge in [0.2, 0.25) is 0 Å². The van der Waals surface area contributed by atoms with Gasteiger partial charge in [-0.3, -0.25) is 0 Å². The Balaban J connectivity index is 0.942. The van der Waals surface area contributed by atoms with Gasteiger partial charge in [0.1, 0.15) is 11.2 Å². The molecule has 0 saturated heterocycles. The molecule has 13 rings (SSSR count). The van der Waals surface area contributed by atoms with Crippen LogP contribution in [0.5, 0.6) is 0 Å². The predicted molar refractivity (Wildman–Crippen MR) is 284 cm³/mol. The average molecular weight is 885 g/mol. The van der Waals surface area contributed by atoms with E-state index >= 15 is 0 Å². The molecule has 69 heavy (non-hydrogen) atoms. The summed E-state index contributed by atoms with van der Waals surface area (Å²) in [4.78, 5) is 17.6. The second kappa shape index (κ2) is 16.1. The van der Waals surface area contributed by atoms with Crippen LogP contribution in [0, 0.1) is 0 Å². The van der Waals surface area contributed by atoms with Gasteiger partial charge in [-0.2, -0.15) is 0 Å². The third-order valence-corrected chi connectivity index (χ3v) is 13.9. The van der Waals surface area contributed by atoms with Gasteiger partial charge in [0.25, 0.3) is 0 Å². The summed E-state index contributed by atoms with van der Waals surface area (Å²) in [7, 11) is 0. The third kappa shape index (κ3) is 6.89. The second-order valence-electron chi connectivity index (χ2n) is 18.4. The fourth-order valence-electron chi connectivity index (χ4n) is 10.4. The van der Waals surface area contributed by atoms with Gasteiger partial charge in [0, 0.05) is 55.0 Å². The van der Waals surface area contributed by atoms with Crippen molar-refractivity contribution < 1.29 is 4.42 Å². The van der Waals surface area contributed by atoms with Gasteiger partial charge in [0.15, 0.2) is 17.5 Å². The number of para-hydroxylation sites is 2. The van der Waals surface area contributed by atoms with Gasteiger partial charge in [-0.05, 0) is 93.0 Å². The van der Waals surface area contributed by atoms with Crippen LogP contribution in [0.1, 0.15) is 25.0 Å². The molecule has 0 amide bonds. The largest absolute Gasteiger partial charge is 0.455 e. The Labute approximate surface area is 400 Å². The van der Waals surface area contributed by atoms with Crippen LogP contribution in [0.15, 0.2) is 235 Å². The van der Waals surface area contributed by atoms with Crippen molar-refractivity contribution in [3.63, 3.8) is 0 Å². The van der Waals surface area contributed by atoms with E-state index < -0.39 is 0 Å². The highest BCUT2D eigenvalue weighted by Gasteiger charge is 2.36. The molecule has 326 valence electrons. The van der Waals surface area contributed by atoms with E-state index in [0.29, 0.717) is 17.5 Å². The smallest absolute Gasteiger partial charge is 0.164 e. The Morgan fingerprint density at radius 2 is 0.855 bits per heavy atom. The maximum absolute atomic E-state index is 6.72. The molecule has 2 aromatic heterocycles. The Kier molecular flexibility index (Phi) is 9.44. The van der Waals surface area contributed by atoms with Gasteiger partial charge in [-0.25, -0.2) is 15.0 Å². The first-order valence-electron chi connectivity index (χ1n) is 23.5. The van der Waals surface area contributed by atoms with Crippen molar-refractivity contribution >= 4 is 49.8 Å². The lowest BCUT2D eigenvalue weighted by atomic mass is 9.82. The summed E-state index contributed by atoms with van der Waals surface area (Å²) >= 11 is 0. The maximum atomic E-state index is 6.72. The molecular formula is C64H44N4O. The van der Waals surface area contributed by atoms with E-state index in [1.54, 1.807) is 0 Å². The lowest BCUT2D eigenvalue weighted by Gasteiger charge is -2.29. The molecule has 0 atom stereocenters. The van der Waals surface area contributed by atoms with Crippen LogP contribution in [0.25, 0.3) is 100 Å². The topological polar surface area (TPSA) is 55.1 Å². The number of aromatic nitrogens is 3. The van der Waals surface area contributed by atoms with E-state index in [1.165, 1.54) is 27.8 Å². The van der Waals surface area contributed by atoms with Crippen molar-refractivity contribution in [1.82, 2.24) is 15.0 Å². The highest BCUT2D eigenvalue weighted by atomic mass is 16.3. The monoisotopic (exact) mass is 884 g/mol. The number of fused-ring (bicyclic) bond motifs is 8. The van der Waals surface area contributed by atoms with E-state index in [0.717, 1.165) is 83.2 Å². The molecule has 0 N–H and O–H groups in total. The summed E-state index contributed by atoms with van der Waals surface area (Å²) in [6.45, 7) is 4.69. The predicted octanol–water partition coefficient (Wildman–Crippen LogP) is 17.0. The fourth-order valence-corrected chi connectivity index (χ4v) is 10.4. The molecular weight excluding hydrogens is 841 g/mol. The molecule has 5 nitrogen and oxygen atoms in total. The molecule has 1 aliphatic carbocycles. The first-order valence-corrected chi connectivity index (χ1v) is 23.5. The fraction of sp³-hybridized carbons (Fsp3) is 0.0469. The number of anilines is 3. The number of rotatable bonds is 8. The summed E-state index contributed by atoms with van der Waals surface area (Å²) in [6.07, 6.45) is 0. The first-order chi connectivity index (χ1) is 33.9. The van der Waals surface area contributed by atoms with E-state index in [1.807, 2.05) is 42.5 Å². The Morgan fingerprint density at radius 3 is 1.54 bits per heavy atom. The highest BCUT2D eigenvalue weighted by molar-refractivity contribution is 6.20. The number of furan rings is 1. The van der Waals surface area contributed by atoms with Crippen LogP contribution in [0.4, 0.5) is 17.1 Å². The van der Waals surface area contributed by atoms with Gasteiger partial charge < -0.3 is 9.32 Å². The first kappa shape index (κ1) is 40.4. The Morgan fingerprint density at radius 1 is 0.348 bits per heavy atom. The van der Waals surface area contributed by atoms with Crippen molar-refractivity contribution in [3.8, 4) is 67.5 Å². The van der Waals surface area contributed by atoms with E-state index in [-0.39, 0.29) is 5.41 Å². The summed E-state index contributed by atoms with van der Waals surface area (Å²) in [5.41, 5.74) is 17.4. The lowest BCUT2D eigenvalue weighted by molar-refractivity contribution is 0.660. The highest BCUT2D eigenvalue weighted by Crippen LogP contribution is 2.52. The van der Waals surface area contributed by atoms with Crippen molar-refractivity contribution in [3.05, 3.63) is 242 Å². The Bertz CT molecular complexity index is 3900. The Hall–Kier alpha value is -8.93. The second-order valence-corrected chi connectivity index (χ2v) is 18.4. The molecule has 5 heteroatoms. The van der Waals surface area contributed by atoms with Crippen LogP contribution in [0.3, 0.4) is 0 Å². The molecule has 0 bridgehead atoms. The van der Waals surface area contributed by atoms with Crippen LogP contribution >= 0.6 is 0 Å². The standard InChI is InChI=1S/C64H44N4O/c1-64(2)56-24-14-12-22-50(56)51-37-35-49(39-57(51)64)68(48-20-10-5-11-21-48)58-40-55-52-23-13-15-25-59(52)69-60(55)53-36-34-47(38-54(53)58)43-28-32-46(33-29-43)63-66-61(44-18-8-4-9-19-44)65-62(67-63)45-30-26-42(27-31-45)41-16-6-3-7-17-41/h3-40H,1-2H3. The van der Waals surface area contributed by atoms with Crippen molar-refractivity contribution in [2.75, 3.05) is 4.90 Å². The maximum Gasteiger partial charge on any atom is 0.164 e. The minimum Gasteiger partial charge on any atom is -0.455 e. The van der Waals surface area contributed by atoms with Gasteiger partial charge in [0.05, 0.1) is 5.69 Å². The molecule has 10 aromatic carbocycles. The van der Waals surface area contributed by atoms with Crippen LogP contribution in [-0.2, 0) is 5.41 Å². The molecule has 12 aromatic rings. The zero-order valence-electron chi connectivity index (χ0n) is 38.1. The average Bonchev–Trinajstić information content (AvgIpc) is 3.90.